The van der Waals surface area contributed by atoms with Gasteiger partial charge in [-0.25, -0.2) is 9.97 Å². The highest BCUT2D eigenvalue weighted by Crippen LogP contribution is 2.39. The average molecular weight is 332 g/mol. The first kappa shape index (κ1) is 14.6. The van der Waals surface area contributed by atoms with Gasteiger partial charge in [0.2, 0.25) is 0 Å². The molecule has 0 unspecified atom stereocenters. The molecule has 0 atom stereocenters. The molecule has 6 nitrogen and oxygen atoms in total. The van der Waals surface area contributed by atoms with E-state index in [4.69, 9.17) is 11.5 Å². The number of benzene rings is 1. The third kappa shape index (κ3) is 2.36. The Hall–Kier alpha value is -2.32. The number of thioether (sulfide) groups is 1. The predicted octanol–water partition coefficient (Wildman–Crippen LogP) is 2.47. The van der Waals surface area contributed by atoms with E-state index < -0.39 is 5.91 Å². The number of fused-ring (bicyclic) bond motifs is 1. The Labute approximate surface area is 134 Å². The van der Waals surface area contributed by atoms with Crippen molar-refractivity contribution in [2.75, 3.05) is 12.0 Å². The van der Waals surface area contributed by atoms with Crippen LogP contribution in [0.15, 0.2) is 29.4 Å². The standard InChI is InChI=1S/C14H12N4O2S2/c1-21-14-17-10(6-3-2-4-7(19)5-6)8-9(15)11(12(16)20)22-13(8)18-14/h2-5,19H,15H2,1H3,(H2,16,20). The molecule has 0 spiro atoms. The maximum Gasteiger partial charge on any atom is 0.260 e. The lowest BCUT2D eigenvalue weighted by Gasteiger charge is -2.06. The predicted molar refractivity (Wildman–Crippen MR) is 89.2 cm³/mol. The number of thiophene rings is 1. The van der Waals surface area contributed by atoms with Crippen LogP contribution >= 0.6 is 23.1 Å². The Balaban J connectivity index is 2.39. The second-order valence-corrected chi connectivity index (χ2v) is 6.27. The summed E-state index contributed by atoms with van der Waals surface area (Å²) in [7, 11) is 0. The quantitative estimate of drug-likeness (QED) is 0.501. The number of phenolic OH excluding ortho intramolecular Hbond substituents is 1. The van der Waals surface area contributed by atoms with Gasteiger partial charge in [-0.3, -0.25) is 4.79 Å². The van der Waals surface area contributed by atoms with E-state index in [1.807, 2.05) is 12.3 Å². The zero-order valence-electron chi connectivity index (χ0n) is 11.5. The summed E-state index contributed by atoms with van der Waals surface area (Å²) in [6, 6.07) is 6.69. The SMILES string of the molecule is CSc1nc(-c2cccc(O)c2)c2c(N)c(C(N)=O)sc2n1. The first-order valence-electron chi connectivity index (χ1n) is 6.24. The first-order chi connectivity index (χ1) is 10.5. The fraction of sp³-hybridized carbons (Fsp3) is 0.0714. The summed E-state index contributed by atoms with van der Waals surface area (Å²) in [4.78, 5) is 21.2. The molecule has 3 aromatic rings. The zero-order chi connectivity index (χ0) is 15.9. The third-order valence-corrected chi connectivity index (χ3v) is 4.76. The van der Waals surface area contributed by atoms with Gasteiger partial charge in [-0.15, -0.1) is 11.3 Å². The number of carbonyl (C=O) groups excluding carboxylic acids is 1. The van der Waals surface area contributed by atoms with Crippen LogP contribution in [0.3, 0.4) is 0 Å². The Bertz CT molecular complexity index is 892. The summed E-state index contributed by atoms with van der Waals surface area (Å²) in [5.41, 5.74) is 13.0. The van der Waals surface area contributed by atoms with Gasteiger partial charge in [0, 0.05) is 5.56 Å². The number of nitrogens with two attached hydrogens (primary N) is 2. The van der Waals surface area contributed by atoms with Crippen molar-refractivity contribution >= 4 is 44.9 Å². The molecular weight excluding hydrogens is 320 g/mol. The highest BCUT2D eigenvalue weighted by molar-refractivity contribution is 7.98. The van der Waals surface area contributed by atoms with Crippen LogP contribution in [0.25, 0.3) is 21.5 Å². The van der Waals surface area contributed by atoms with Gasteiger partial charge in [0.1, 0.15) is 15.5 Å². The van der Waals surface area contributed by atoms with Gasteiger partial charge in [-0.2, -0.15) is 0 Å². The molecule has 0 saturated heterocycles. The number of anilines is 1. The van der Waals surface area contributed by atoms with Crippen LogP contribution in [-0.2, 0) is 0 Å². The van der Waals surface area contributed by atoms with E-state index >= 15 is 0 Å². The van der Waals surface area contributed by atoms with Crippen molar-refractivity contribution in [3.8, 4) is 17.0 Å². The normalized spacial score (nSPS) is 11.0. The molecule has 0 aliphatic rings. The number of amides is 1. The highest BCUT2D eigenvalue weighted by atomic mass is 32.2. The Kier molecular flexibility index (Phi) is 3.63. The molecule has 8 heteroatoms. The minimum atomic E-state index is -0.590. The van der Waals surface area contributed by atoms with Crippen molar-refractivity contribution in [3.05, 3.63) is 29.1 Å². The number of nitrogen functional groups attached to an aromatic ring is 1. The minimum Gasteiger partial charge on any atom is -0.508 e. The van der Waals surface area contributed by atoms with Gasteiger partial charge in [-0.1, -0.05) is 23.9 Å². The molecule has 0 radical (unpaired) electrons. The molecule has 2 aromatic heterocycles. The van der Waals surface area contributed by atoms with Crippen LogP contribution in [0.4, 0.5) is 5.69 Å². The van der Waals surface area contributed by atoms with Gasteiger partial charge < -0.3 is 16.6 Å². The zero-order valence-corrected chi connectivity index (χ0v) is 13.2. The highest BCUT2D eigenvalue weighted by Gasteiger charge is 2.20. The molecule has 1 aromatic carbocycles. The van der Waals surface area contributed by atoms with Gasteiger partial charge in [0.05, 0.1) is 16.8 Å². The summed E-state index contributed by atoms with van der Waals surface area (Å²) >= 11 is 2.53. The van der Waals surface area contributed by atoms with E-state index in [0.29, 0.717) is 26.6 Å². The Morgan fingerprint density at radius 3 is 2.77 bits per heavy atom. The Morgan fingerprint density at radius 1 is 1.36 bits per heavy atom. The summed E-state index contributed by atoms with van der Waals surface area (Å²) in [5.74, 6) is -0.466. The molecule has 0 aliphatic heterocycles. The van der Waals surface area contributed by atoms with Crippen LogP contribution in [0.2, 0.25) is 0 Å². The average Bonchev–Trinajstić information content (AvgIpc) is 2.83. The van der Waals surface area contributed by atoms with Crippen molar-refractivity contribution < 1.29 is 9.90 Å². The van der Waals surface area contributed by atoms with E-state index in [2.05, 4.69) is 9.97 Å². The number of carbonyl (C=O) groups is 1. The fourth-order valence-electron chi connectivity index (χ4n) is 2.14. The topological polar surface area (TPSA) is 115 Å². The van der Waals surface area contributed by atoms with Crippen LogP contribution in [0, 0.1) is 0 Å². The number of phenols is 1. The van der Waals surface area contributed by atoms with E-state index in [9.17, 15) is 9.90 Å². The fourth-order valence-corrected chi connectivity index (χ4v) is 3.51. The molecule has 2 heterocycles. The first-order valence-corrected chi connectivity index (χ1v) is 8.28. The van der Waals surface area contributed by atoms with Crippen LogP contribution in [-0.4, -0.2) is 27.2 Å². The van der Waals surface area contributed by atoms with Crippen LogP contribution in [0.1, 0.15) is 9.67 Å². The number of nitrogens with zero attached hydrogens (tertiary/aromatic N) is 2. The van der Waals surface area contributed by atoms with E-state index in [1.54, 1.807) is 18.2 Å². The molecule has 0 saturated carbocycles. The van der Waals surface area contributed by atoms with Crippen LogP contribution in [0.5, 0.6) is 5.75 Å². The van der Waals surface area contributed by atoms with Gasteiger partial charge >= 0.3 is 0 Å². The molecule has 22 heavy (non-hydrogen) atoms. The maximum absolute atomic E-state index is 11.5. The summed E-state index contributed by atoms with van der Waals surface area (Å²) in [5, 5.41) is 10.8. The van der Waals surface area contributed by atoms with Crippen molar-refractivity contribution in [2.24, 2.45) is 5.73 Å². The number of aromatic nitrogens is 2. The van der Waals surface area contributed by atoms with Crippen molar-refractivity contribution in [2.45, 2.75) is 5.16 Å². The van der Waals surface area contributed by atoms with Crippen LogP contribution < -0.4 is 11.5 Å². The lowest BCUT2D eigenvalue weighted by atomic mass is 10.1. The van der Waals surface area contributed by atoms with E-state index in [0.717, 1.165) is 11.3 Å². The largest absolute Gasteiger partial charge is 0.508 e. The molecule has 112 valence electrons. The van der Waals surface area contributed by atoms with Crippen molar-refractivity contribution in [1.82, 2.24) is 9.97 Å². The second-order valence-electron chi connectivity index (χ2n) is 4.50. The lowest BCUT2D eigenvalue weighted by Crippen LogP contribution is -2.10. The van der Waals surface area contributed by atoms with E-state index in [1.165, 1.54) is 11.8 Å². The number of aromatic hydroxyl groups is 1. The van der Waals surface area contributed by atoms with Gasteiger partial charge in [0.15, 0.2) is 5.16 Å². The van der Waals surface area contributed by atoms with Gasteiger partial charge in [0.25, 0.3) is 5.91 Å². The number of primary amides is 1. The van der Waals surface area contributed by atoms with E-state index in [-0.39, 0.29) is 16.3 Å². The van der Waals surface area contributed by atoms with Gasteiger partial charge in [-0.05, 0) is 18.4 Å². The molecular formula is C14H12N4O2S2. The monoisotopic (exact) mass is 332 g/mol. The molecule has 5 N–H and O–H groups in total. The maximum atomic E-state index is 11.5. The molecule has 0 bridgehead atoms. The number of rotatable bonds is 3. The third-order valence-electron chi connectivity index (χ3n) is 3.09. The summed E-state index contributed by atoms with van der Waals surface area (Å²) in [6.07, 6.45) is 1.86. The van der Waals surface area contributed by atoms with Crippen molar-refractivity contribution in [1.29, 1.82) is 0 Å². The molecule has 3 rings (SSSR count). The lowest BCUT2D eigenvalue weighted by molar-refractivity contribution is 0.100. The minimum absolute atomic E-state index is 0.124. The summed E-state index contributed by atoms with van der Waals surface area (Å²) in [6.45, 7) is 0. The number of hydrogen-bond acceptors (Lipinski definition) is 7. The molecule has 0 aliphatic carbocycles. The second kappa shape index (κ2) is 5.47. The number of hydrogen-bond donors (Lipinski definition) is 3. The molecule has 1 amide bonds. The molecule has 0 fully saturated rings. The smallest absolute Gasteiger partial charge is 0.260 e. The Morgan fingerprint density at radius 2 is 2.14 bits per heavy atom. The summed E-state index contributed by atoms with van der Waals surface area (Å²) < 4.78 is 0. The van der Waals surface area contributed by atoms with Crippen molar-refractivity contribution in [3.63, 3.8) is 0 Å².